The molecule has 90 valence electrons. The van der Waals surface area contributed by atoms with Crippen LogP contribution in [0, 0.1) is 0 Å². The van der Waals surface area contributed by atoms with Crippen molar-refractivity contribution in [1.29, 1.82) is 0 Å². The van der Waals surface area contributed by atoms with E-state index in [2.05, 4.69) is 43.0 Å². The van der Waals surface area contributed by atoms with Crippen molar-refractivity contribution in [3.8, 4) is 0 Å². The summed E-state index contributed by atoms with van der Waals surface area (Å²) in [6, 6.07) is 8.77. The maximum Gasteiger partial charge on any atom is 0.0663 e. The first kappa shape index (κ1) is 13.3. The monoisotopic (exact) mass is 241 g/mol. The van der Waals surface area contributed by atoms with Gasteiger partial charge in [0.25, 0.3) is 0 Å². The van der Waals surface area contributed by atoms with E-state index < -0.39 is 0 Å². The first-order valence-corrected chi connectivity index (χ1v) is 6.16. The average Bonchev–Trinajstić information content (AvgIpc) is 2.31. The second kappa shape index (κ2) is 6.77. The van der Waals surface area contributed by atoms with Crippen LogP contribution in [0.2, 0.25) is 0 Å². The van der Waals surface area contributed by atoms with Crippen molar-refractivity contribution in [3.05, 3.63) is 29.8 Å². The van der Waals surface area contributed by atoms with Crippen LogP contribution in [0.3, 0.4) is 0 Å². The van der Waals surface area contributed by atoms with Crippen molar-refractivity contribution in [1.82, 2.24) is 0 Å². The molecule has 1 rings (SSSR count). The molecule has 0 amide bonds. The smallest absolute Gasteiger partial charge is 0.0663 e. The molecular weight excluding hydrogens is 222 g/mol. The first-order valence-electron chi connectivity index (χ1n) is 5.63. The number of halogens is 1. The molecule has 0 heterocycles. The second-order valence-corrected chi connectivity index (χ2v) is 4.16. The van der Waals surface area contributed by atoms with Gasteiger partial charge in [-0.15, -0.1) is 11.6 Å². The summed E-state index contributed by atoms with van der Waals surface area (Å²) in [5.41, 5.74) is 2.38. The molecule has 0 fully saturated rings. The highest BCUT2D eigenvalue weighted by molar-refractivity contribution is 6.17. The van der Waals surface area contributed by atoms with Gasteiger partial charge in [-0.3, -0.25) is 0 Å². The number of hydrogen-bond acceptors (Lipinski definition) is 2. The fourth-order valence-corrected chi connectivity index (χ4v) is 2.03. The second-order valence-electron chi connectivity index (χ2n) is 3.89. The molecule has 0 aliphatic carbocycles. The van der Waals surface area contributed by atoms with E-state index in [1.165, 1.54) is 5.69 Å². The molecular formula is C13H20ClNO. The van der Waals surface area contributed by atoms with E-state index in [1.54, 1.807) is 7.11 Å². The number of likely N-dealkylation sites (N-methyl/N-ethyl adjacent to an activating group) is 1. The molecule has 0 radical (unpaired) electrons. The van der Waals surface area contributed by atoms with E-state index in [9.17, 15) is 0 Å². The van der Waals surface area contributed by atoms with Crippen LogP contribution < -0.4 is 4.90 Å². The molecule has 0 aliphatic rings. The Morgan fingerprint density at radius 2 is 1.94 bits per heavy atom. The number of alkyl halides is 1. The van der Waals surface area contributed by atoms with Crippen LogP contribution in [0.4, 0.5) is 5.69 Å². The van der Waals surface area contributed by atoms with Gasteiger partial charge in [0.2, 0.25) is 0 Å². The highest BCUT2D eigenvalue weighted by Gasteiger charge is 2.12. The number of anilines is 1. The van der Waals surface area contributed by atoms with Crippen LogP contribution in [-0.2, 0) is 10.6 Å². The molecule has 1 aromatic rings. The van der Waals surface area contributed by atoms with Crippen LogP contribution in [0.1, 0.15) is 19.4 Å². The number of hydrogen-bond donors (Lipinski definition) is 0. The lowest BCUT2D eigenvalue weighted by Crippen LogP contribution is -2.36. The quantitative estimate of drug-likeness (QED) is 0.709. The fourth-order valence-electron chi connectivity index (χ4n) is 1.86. The Morgan fingerprint density at radius 1 is 1.31 bits per heavy atom. The summed E-state index contributed by atoms with van der Waals surface area (Å²) in [6.07, 6.45) is 0. The molecule has 16 heavy (non-hydrogen) atoms. The molecule has 0 aliphatic heterocycles. The number of nitrogens with zero attached hydrogens (tertiary/aromatic N) is 1. The Labute approximate surface area is 103 Å². The van der Waals surface area contributed by atoms with Gasteiger partial charge in [0, 0.05) is 31.3 Å². The van der Waals surface area contributed by atoms with Crippen molar-refractivity contribution in [3.63, 3.8) is 0 Å². The zero-order chi connectivity index (χ0) is 12.0. The number of ether oxygens (including phenoxy) is 1. The maximum absolute atomic E-state index is 5.77. The number of rotatable bonds is 6. The number of benzene rings is 1. The van der Waals surface area contributed by atoms with Crippen LogP contribution in [0.25, 0.3) is 0 Å². The van der Waals surface area contributed by atoms with E-state index in [0.717, 1.165) is 18.7 Å². The van der Waals surface area contributed by atoms with Crippen molar-refractivity contribution in [2.24, 2.45) is 0 Å². The summed E-state index contributed by atoms with van der Waals surface area (Å²) in [5, 5.41) is 0. The summed E-state index contributed by atoms with van der Waals surface area (Å²) in [6.45, 7) is 6.04. The Balaban J connectivity index is 2.78. The van der Waals surface area contributed by atoms with Gasteiger partial charge in [0.1, 0.15) is 0 Å². The third-order valence-electron chi connectivity index (χ3n) is 2.70. The molecule has 0 saturated carbocycles. The predicted octanol–water partition coefficient (Wildman–Crippen LogP) is 3.29. The maximum atomic E-state index is 5.77. The van der Waals surface area contributed by atoms with E-state index in [-0.39, 0.29) is 0 Å². The summed E-state index contributed by atoms with van der Waals surface area (Å²) in [7, 11) is 1.74. The summed E-state index contributed by atoms with van der Waals surface area (Å²) >= 11 is 5.77. The SMILES string of the molecule is CCN(c1ccc(CCl)cc1)C(C)COC. The molecule has 2 nitrogen and oxygen atoms in total. The summed E-state index contributed by atoms with van der Waals surface area (Å²) in [5.74, 6) is 0.569. The van der Waals surface area contributed by atoms with Gasteiger partial charge in [-0.1, -0.05) is 12.1 Å². The standard InChI is InChI=1S/C13H20ClNO/c1-4-15(11(2)10-16-3)13-7-5-12(9-14)6-8-13/h5-8,11H,4,9-10H2,1-3H3. The highest BCUT2D eigenvalue weighted by Crippen LogP contribution is 2.18. The minimum atomic E-state index is 0.386. The Bertz CT molecular complexity index is 299. The topological polar surface area (TPSA) is 12.5 Å². The van der Waals surface area contributed by atoms with Crippen molar-refractivity contribution in [2.75, 3.05) is 25.2 Å². The van der Waals surface area contributed by atoms with Gasteiger partial charge in [-0.05, 0) is 31.5 Å². The van der Waals surface area contributed by atoms with Crippen LogP contribution >= 0.6 is 11.6 Å². The van der Waals surface area contributed by atoms with E-state index in [4.69, 9.17) is 16.3 Å². The minimum Gasteiger partial charge on any atom is -0.383 e. The number of methoxy groups -OCH3 is 1. The summed E-state index contributed by atoms with van der Waals surface area (Å²) < 4.78 is 5.19. The lowest BCUT2D eigenvalue weighted by atomic mass is 10.2. The molecule has 1 atom stereocenters. The zero-order valence-electron chi connectivity index (χ0n) is 10.2. The van der Waals surface area contributed by atoms with E-state index >= 15 is 0 Å². The van der Waals surface area contributed by atoms with Gasteiger partial charge in [0.05, 0.1) is 6.61 Å². The van der Waals surface area contributed by atoms with Gasteiger partial charge < -0.3 is 9.64 Å². The van der Waals surface area contributed by atoms with Crippen LogP contribution in [0.15, 0.2) is 24.3 Å². The Morgan fingerprint density at radius 3 is 2.38 bits per heavy atom. The molecule has 0 saturated heterocycles. The molecule has 0 N–H and O–H groups in total. The highest BCUT2D eigenvalue weighted by atomic mass is 35.5. The van der Waals surface area contributed by atoms with Gasteiger partial charge in [0.15, 0.2) is 0 Å². The Kier molecular flexibility index (Phi) is 5.64. The third kappa shape index (κ3) is 3.39. The largest absolute Gasteiger partial charge is 0.383 e. The molecule has 0 aromatic heterocycles. The minimum absolute atomic E-state index is 0.386. The molecule has 0 spiro atoms. The fraction of sp³-hybridized carbons (Fsp3) is 0.538. The third-order valence-corrected chi connectivity index (χ3v) is 3.01. The molecule has 1 aromatic carbocycles. The molecule has 0 bridgehead atoms. The van der Waals surface area contributed by atoms with Crippen LogP contribution in [-0.4, -0.2) is 26.3 Å². The first-order chi connectivity index (χ1) is 7.72. The van der Waals surface area contributed by atoms with Crippen LogP contribution in [0.5, 0.6) is 0 Å². The van der Waals surface area contributed by atoms with Gasteiger partial charge in [-0.2, -0.15) is 0 Å². The molecule has 3 heteroatoms. The Hall–Kier alpha value is -0.730. The van der Waals surface area contributed by atoms with Crippen molar-refractivity contribution < 1.29 is 4.74 Å². The molecule has 1 unspecified atom stereocenters. The summed E-state index contributed by atoms with van der Waals surface area (Å²) in [4.78, 5) is 2.32. The van der Waals surface area contributed by atoms with Gasteiger partial charge >= 0.3 is 0 Å². The average molecular weight is 242 g/mol. The van der Waals surface area contributed by atoms with E-state index in [0.29, 0.717) is 11.9 Å². The normalized spacial score (nSPS) is 12.5. The zero-order valence-corrected chi connectivity index (χ0v) is 11.0. The van der Waals surface area contributed by atoms with E-state index in [1.807, 2.05) is 0 Å². The lowest BCUT2D eigenvalue weighted by molar-refractivity contribution is 0.182. The van der Waals surface area contributed by atoms with Crippen molar-refractivity contribution in [2.45, 2.75) is 25.8 Å². The van der Waals surface area contributed by atoms with Gasteiger partial charge in [-0.25, -0.2) is 0 Å². The lowest BCUT2D eigenvalue weighted by Gasteiger charge is -2.29. The predicted molar refractivity (Wildman–Crippen MR) is 70.4 cm³/mol. The van der Waals surface area contributed by atoms with Crippen molar-refractivity contribution >= 4 is 17.3 Å².